The molecule has 4 amide bonds. The first-order valence-corrected chi connectivity index (χ1v) is 28.2. The van der Waals surface area contributed by atoms with Crippen LogP contribution in [0.3, 0.4) is 0 Å². The van der Waals surface area contributed by atoms with Gasteiger partial charge >= 0.3 is 27.0 Å². The van der Waals surface area contributed by atoms with Gasteiger partial charge in [0.15, 0.2) is 0 Å². The monoisotopic (exact) mass is 1330 g/mol. The molecule has 5 heterocycles. The number of aliphatic carboxylic acids is 1. The minimum atomic E-state index is -0.713. The Balaban J connectivity index is 0. The van der Waals surface area contributed by atoms with Crippen LogP contribution in [0.4, 0.5) is 0 Å². The number of rotatable bonds is 4. The van der Waals surface area contributed by atoms with Gasteiger partial charge in [-0.2, -0.15) is 27.8 Å². The fraction of sp³-hybridized carbons (Fsp3) is 0.683. The maximum absolute atomic E-state index is 11.0. The quantitative estimate of drug-likeness (QED) is 0.0872. The number of oxime groups is 1. The molecule has 3 aliphatic carbocycles. The molecule has 22 nitrogen and oxygen atoms in total. The Morgan fingerprint density at radius 1 is 0.855 bits per heavy atom. The number of nitrogens with one attached hydrogen (secondary N) is 4. The number of hydrazone groups is 1. The summed E-state index contributed by atoms with van der Waals surface area (Å²) in [5, 5.41) is 60.1. The average molecular weight is 1330 g/mol. The Hall–Kier alpha value is -6.43. The number of likely N-dealkylation sites (tertiary alicyclic amines) is 2. The molecule has 0 radical (unpaired) electrons. The van der Waals surface area contributed by atoms with Gasteiger partial charge in [-0.3, -0.25) is 39.4 Å². The van der Waals surface area contributed by atoms with E-state index in [2.05, 4.69) is 88.6 Å². The van der Waals surface area contributed by atoms with Crippen LogP contribution in [0.25, 0.3) is 5.32 Å². The van der Waals surface area contributed by atoms with Crippen molar-refractivity contribution in [2.75, 3.05) is 40.8 Å². The number of hydrogen-bond acceptors (Lipinski definition) is 17. The molecule has 0 aromatic rings. The molecule has 0 aromatic carbocycles. The molecule has 8 rings (SSSR count). The number of ketones is 2. The van der Waals surface area contributed by atoms with Gasteiger partial charge in [0.2, 0.25) is 17.9 Å². The molecule has 8 aliphatic rings. The number of allylic oxidation sites excluding steroid dienone is 2. The predicted molar refractivity (Wildman–Crippen MR) is 315 cm³/mol. The number of hydroxylamine groups is 1. The third-order valence-corrected chi connectivity index (χ3v) is 15.0. The summed E-state index contributed by atoms with van der Waals surface area (Å²) in [4.78, 5) is 83.0. The third-order valence-electron chi connectivity index (χ3n) is 15.0. The van der Waals surface area contributed by atoms with E-state index in [1.54, 1.807) is 23.1 Å². The van der Waals surface area contributed by atoms with Crippen molar-refractivity contribution in [2.45, 2.75) is 184 Å². The Kier molecular flexibility index (Phi) is 38.6. The van der Waals surface area contributed by atoms with Crippen molar-refractivity contribution in [3.63, 3.8) is 0 Å². The zero-order valence-corrected chi connectivity index (χ0v) is 54.6. The molecule has 83 heavy (non-hydrogen) atoms. The second kappa shape index (κ2) is 40.7. The van der Waals surface area contributed by atoms with Crippen molar-refractivity contribution < 1.29 is 69.8 Å². The molecule has 23 heteroatoms. The van der Waals surface area contributed by atoms with Gasteiger partial charge in [0.05, 0.1) is 57.6 Å². The number of Topliss-reactive ketones (excluding diaryl/α,β-unsaturated/α-hetero) is 2. The van der Waals surface area contributed by atoms with Crippen molar-refractivity contribution in [3.05, 3.63) is 48.6 Å². The smallest absolute Gasteiger partial charge is 0.658 e. The summed E-state index contributed by atoms with van der Waals surface area (Å²) in [7, 11) is 5.23. The van der Waals surface area contributed by atoms with Gasteiger partial charge in [-0.05, 0) is 123 Å². The SMILES string of the molecule is C=C1C=CC(C)=NN1.C=C1NCC(C)CN1.CC1(C#N)CCC(=O)CC1.CC1(C#N)CCC(C(=O)O)CC1.CC1(C#N)CCCC(=O)C1.CC1=NOC(C(=O)NO)C1.CC1CCC(=O)N1C.CC1CN(C)C(=O)C1C.C[CH-]CC(=O)[N-]C.[W+2]. The van der Waals surface area contributed by atoms with E-state index >= 15 is 0 Å². The number of carboxylic acid groups (broad SMARTS) is 1. The van der Waals surface area contributed by atoms with E-state index in [9.17, 15) is 33.6 Å². The number of nitrogens with zero attached hydrogens (tertiary/aromatic N) is 8. The normalized spacial score (nSPS) is 26.1. The van der Waals surface area contributed by atoms with E-state index in [1.165, 1.54) is 12.5 Å². The third kappa shape index (κ3) is 32.9. The van der Waals surface area contributed by atoms with Crippen LogP contribution in [0, 0.1) is 80.3 Å². The van der Waals surface area contributed by atoms with Gasteiger partial charge in [0, 0.05) is 95.8 Å². The molecule has 3 saturated heterocycles. The molecule has 3 saturated carbocycles. The first kappa shape index (κ1) is 78.6. The van der Waals surface area contributed by atoms with E-state index in [0.29, 0.717) is 75.0 Å². The van der Waals surface area contributed by atoms with Gasteiger partial charge in [-0.1, -0.05) is 39.1 Å². The Morgan fingerprint density at radius 2 is 1.41 bits per heavy atom. The average Bonchev–Trinajstić information content (AvgIpc) is 4.13. The van der Waals surface area contributed by atoms with Crippen LogP contribution in [-0.2, 0) is 59.5 Å². The van der Waals surface area contributed by atoms with E-state index in [-0.39, 0.29) is 66.7 Å². The summed E-state index contributed by atoms with van der Waals surface area (Å²) in [6, 6.07) is 7.16. The number of carbonyl (C=O) groups is 7. The topological polar surface area (TPSA) is 334 Å². The maximum Gasteiger partial charge on any atom is 2.00 e. The molecule has 5 unspecified atom stereocenters. The summed E-state index contributed by atoms with van der Waals surface area (Å²) in [5.74, 6) is 2.09. The molecular formula is C60H96N12O10W. The summed E-state index contributed by atoms with van der Waals surface area (Å²) < 4.78 is 0. The molecule has 0 spiro atoms. The van der Waals surface area contributed by atoms with Gasteiger partial charge in [-0.25, -0.2) is 5.48 Å². The summed E-state index contributed by atoms with van der Waals surface area (Å²) in [6.45, 7) is 30.0. The van der Waals surface area contributed by atoms with Crippen molar-refractivity contribution >= 4 is 52.6 Å². The van der Waals surface area contributed by atoms with E-state index in [4.69, 9.17) is 26.1 Å². The van der Waals surface area contributed by atoms with Crippen molar-refractivity contribution in [1.82, 2.24) is 31.3 Å². The van der Waals surface area contributed by atoms with Crippen molar-refractivity contribution in [3.8, 4) is 18.2 Å². The zero-order chi connectivity index (χ0) is 62.8. The van der Waals surface area contributed by atoms with Crippen molar-refractivity contribution in [2.24, 2.45) is 50.2 Å². The molecule has 462 valence electrons. The molecule has 6 N–H and O–H groups in total. The number of hydrogen-bond donors (Lipinski definition) is 6. The molecule has 5 atom stereocenters. The minimum absolute atomic E-state index is 0. The van der Waals surface area contributed by atoms with E-state index in [0.717, 1.165) is 99.9 Å². The Bertz CT molecular complexity index is 2340. The fourth-order valence-electron chi connectivity index (χ4n) is 8.57. The fourth-order valence-corrected chi connectivity index (χ4v) is 8.57. The van der Waals surface area contributed by atoms with Gasteiger partial charge in [-0.15, -0.1) is 13.5 Å². The van der Waals surface area contributed by atoms with Crippen LogP contribution < -0.4 is 21.5 Å². The Labute approximate surface area is 509 Å². The standard InChI is InChI=1S/C9H13NO2.2C8H11NO.C7H13NO.C6H12N2.C6H8N2.C6H11NO.C5H8N2O3.C5H10NO.W/c1-9(6-10)4-2-7(3-5-9)8(11)12;1-8(6-9)4-2-7(10)3-5-8;1-8(6-9)4-2-3-7(10)5-8;1-5-4-8(3)7(9)6(5)2;1-5-3-7-6(2)8-4-5;1-5-3-4-6(2)8-7-5;1-5-3-4-6(8)7(5)2;1-3-2-4(10-7-3)5(8)6-9;1-3-4-5(7)6-2;/h7H,2-5H2,1H3,(H,11,12);2*2-5H2,1H3;5-6H,4H2,1-3H3;5,7-8H,2-4H2,1H3;3-4,7H,1H2,2H3;5H,3-4H2,1-2H3;4,9H,2H2,1H3,(H,6,8);3H,4H2,1-2H3,(H,6,7);/q;;;;;;;;-1;+2/p-1. The molecule has 6 fully saturated rings. The van der Waals surface area contributed by atoms with Crippen LogP contribution in [0.1, 0.15) is 172 Å². The van der Waals surface area contributed by atoms with Crippen molar-refractivity contribution in [1.29, 1.82) is 15.8 Å². The summed E-state index contributed by atoms with van der Waals surface area (Å²) >= 11 is 0. The van der Waals surface area contributed by atoms with E-state index in [1.807, 2.05) is 67.8 Å². The number of carbonyl (C=O) groups excluding carboxylic acids is 6. The van der Waals surface area contributed by atoms with Crippen LogP contribution >= 0.6 is 0 Å². The van der Waals surface area contributed by atoms with Gasteiger partial charge in [0.25, 0.3) is 5.91 Å². The van der Waals surface area contributed by atoms with Gasteiger partial charge in [0.1, 0.15) is 11.6 Å². The minimum Gasteiger partial charge on any atom is -0.658 e. The first-order valence-electron chi connectivity index (χ1n) is 28.2. The molecule has 0 bridgehead atoms. The molecule has 0 aromatic heterocycles. The van der Waals surface area contributed by atoms with Gasteiger partial charge < -0.3 is 46.9 Å². The Morgan fingerprint density at radius 3 is 1.71 bits per heavy atom. The zero-order valence-electron chi connectivity index (χ0n) is 51.7. The van der Waals surface area contributed by atoms with Crippen LogP contribution in [0.15, 0.2) is 47.1 Å². The van der Waals surface area contributed by atoms with Crippen LogP contribution in [0.2, 0.25) is 0 Å². The summed E-state index contributed by atoms with van der Waals surface area (Å²) in [5.41, 5.74) is 5.98. The summed E-state index contributed by atoms with van der Waals surface area (Å²) in [6.07, 6.45) is 16.0. The maximum atomic E-state index is 11.0. The molecular weight excluding hydrogens is 1230 g/mol. The molecule has 5 aliphatic heterocycles. The first-order chi connectivity index (χ1) is 38.4. The van der Waals surface area contributed by atoms with E-state index < -0.39 is 18.0 Å². The predicted octanol–water partition coefficient (Wildman–Crippen LogP) is 8.57. The number of carboxylic acids is 1. The number of nitriles is 3. The number of amides is 4. The van der Waals surface area contributed by atoms with Crippen LogP contribution in [-0.4, -0.2) is 126 Å². The second-order valence-electron chi connectivity index (χ2n) is 23.0. The van der Waals surface area contributed by atoms with Crippen LogP contribution in [0.5, 0.6) is 0 Å². The second-order valence-corrected chi connectivity index (χ2v) is 23.0. The largest absolute Gasteiger partial charge is 2.00 e.